The van der Waals surface area contributed by atoms with Gasteiger partial charge in [0.25, 0.3) is 5.91 Å². The third kappa shape index (κ3) is 3.78. The summed E-state index contributed by atoms with van der Waals surface area (Å²) in [7, 11) is 0. The minimum atomic E-state index is 0.144. The quantitative estimate of drug-likeness (QED) is 0.799. The second-order valence-electron chi connectivity index (χ2n) is 6.56. The molecule has 1 saturated carbocycles. The lowest BCUT2D eigenvalue weighted by molar-refractivity contribution is 0.0739. The van der Waals surface area contributed by atoms with E-state index < -0.39 is 0 Å². The van der Waals surface area contributed by atoms with Crippen LogP contribution in [0.3, 0.4) is 0 Å². The van der Waals surface area contributed by atoms with Gasteiger partial charge in [-0.2, -0.15) is 0 Å². The first-order valence-electron chi connectivity index (χ1n) is 8.26. The Morgan fingerprint density at radius 2 is 2.17 bits per heavy atom. The number of aromatic nitrogens is 2. The van der Waals surface area contributed by atoms with Crippen molar-refractivity contribution < 1.29 is 4.79 Å². The van der Waals surface area contributed by atoms with Crippen molar-refractivity contribution in [1.82, 2.24) is 14.9 Å². The number of rotatable bonds is 6. The summed E-state index contributed by atoms with van der Waals surface area (Å²) in [4.78, 5) is 24.7. The van der Waals surface area contributed by atoms with Crippen LogP contribution in [-0.4, -0.2) is 33.4 Å². The molecule has 2 heterocycles. The fourth-order valence-electron chi connectivity index (χ4n) is 2.56. The van der Waals surface area contributed by atoms with Crippen molar-refractivity contribution in [2.24, 2.45) is 5.92 Å². The molecule has 0 radical (unpaired) electrons. The predicted molar refractivity (Wildman–Crippen MR) is 93.6 cm³/mol. The Morgan fingerprint density at radius 1 is 1.39 bits per heavy atom. The van der Waals surface area contributed by atoms with E-state index in [1.807, 2.05) is 25.1 Å². The monoisotopic (exact) mass is 329 g/mol. The summed E-state index contributed by atoms with van der Waals surface area (Å²) in [6.07, 6.45) is 5.07. The number of amides is 1. The summed E-state index contributed by atoms with van der Waals surface area (Å²) < 4.78 is 0. The fourth-order valence-corrected chi connectivity index (χ4v) is 3.56. The fraction of sp³-hybridized carbons (Fsp3) is 0.500. The Bertz CT molecular complexity index is 677. The van der Waals surface area contributed by atoms with Gasteiger partial charge < -0.3 is 4.90 Å². The van der Waals surface area contributed by atoms with Gasteiger partial charge >= 0.3 is 0 Å². The van der Waals surface area contributed by atoms with E-state index >= 15 is 0 Å². The van der Waals surface area contributed by atoms with Crippen LogP contribution in [0.4, 0.5) is 0 Å². The summed E-state index contributed by atoms with van der Waals surface area (Å²) in [6.45, 7) is 7.17. The molecule has 0 bridgehead atoms. The van der Waals surface area contributed by atoms with Crippen molar-refractivity contribution in [2.45, 2.75) is 46.1 Å². The molecule has 0 spiro atoms. The second-order valence-corrected chi connectivity index (χ2v) is 7.56. The van der Waals surface area contributed by atoms with Crippen LogP contribution in [0.15, 0.2) is 24.4 Å². The van der Waals surface area contributed by atoms with Crippen molar-refractivity contribution in [1.29, 1.82) is 0 Å². The summed E-state index contributed by atoms with van der Waals surface area (Å²) in [5.41, 5.74) is 1.65. The number of aryl methyl sites for hydroxylation is 1. The highest BCUT2D eigenvalue weighted by atomic mass is 32.1. The maximum atomic E-state index is 13.0. The van der Waals surface area contributed by atoms with E-state index in [4.69, 9.17) is 0 Å². The number of pyridine rings is 1. The molecule has 0 unspecified atom stereocenters. The van der Waals surface area contributed by atoms with E-state index in [-0.39, 0.29) is 5.91 Å². The molecule has 0 aromatic carbocycles. The molecule has 1 aliphatic rings. The first-order valence-corrected chi connectivity index (χ1v) is 9.07. The van der Waals surface area contributed by atoms with Crippen LogP contribution in [0.1, 0.15) is 48.5 Å². The van der Waals surface area contributed by atoms with Crippen LogP contribution in [0, 0.1) is 12.8 Å². The molecule has 0 N–H and O–H groups in total. The molecule has 5 heteroatoms. The number of carbonyl (C=O) groups excluding carboxylic acids is 1. The third-order valence-corrected chi connectivity index (χ3v) is 5.24. The van der Waals surface area contributed by atoms with Crippen LogP contribution in [0.25, 0.3) is 10.7 Å². The van der Waals surface area contributed by atoms with Crippen LogP contribution in [0.2, 0.25) is 0 Å². The highest BCUT2D eigenvalue weighted by molar-refractivity contribution is 7.17. The number of hydrogen-bond acceptors (Lipinski definition) is 4. The molecule has 2 aromatic heterocycles. The van der Waals surface area contributed by atoms with Gasteiger partial charge in [0.1, 0.15) is 9.88 Å². The first-order chi connectivity index (χ1) is 11.1. The van der Waals surface area contributed by atoms with Gasteiger partial charge in [-0.3, -0.25) is 9.78 Å². The third-order valence-electron chi connectivity index (χ3n) is 4.07. The highest BCUT2D eigenvalue weighted by Gasteiger charge is 2.34. The van der Waals surface area contributed by atoms with E-state index in [9.17, 15) is 4.79 Å². The Morgan fingerprint density at radius 3 is 2.78 bits per heavy atom. The molecule has 0 saturated heterocycles. The summed E-state index contributed by atoms with van der Waals surface area (Å²) >= 11 is 1.46. The number of carbonyl (C=O) groups is 1. The zero-order valence-electron chi connectivity index (χ0n) is 14.0. The van der Waals surface area contributed by atoms with Gasteiger partial charge in [0.05, 0.1) is 11.4 Å². The largest absolute Gasteiger partial charge is 0.335 e. The molecule has 1 fully saturated rings. The van der Waals surface area contributed by atoms with Gasteiger partial charge in [-0.25, -0.2) is 4.98 Å². The lowest BCUT2D eigenvalue weighted by Crippen LogP contribution is -2.34. The average Bonchev–Trinajstić information content (AvgIpc) is 3.29. The first kappa shape index (κ1) is 16.1. The predicted octanol–water partition coefficient (Wildman–Crippen LogP) is 4.16. The second kappa shape index (κ2) is 6.79. The molecule has 23 heavy (non-hydrogen) atoms. The normalized spacial score (nSPS) is 14.3. The average molecular weight is 329 g/mol. The Kier molecular flexibility index (Phi) is 4.76. The van der Waals surface area contributed by atoms with Crippen LogP contribution in [-0.2, 0) is 0 Å². The molecule has 4 nitrogen and oxygen atoms in total. The maximum absolute atomic E-state index is 13.0. The molecular weight excluding hydrogens is 306 g/mol. The zero-order chi connectivity index (χ0) is 16.4. The number of nitrogens with zero attached hydrogens (tertiary/aromatic N) is 3. The summed E-state index contributed by atoms with van der Waals surface area (Å²) in [5, 5.41) is 0.825. The molecule has 122 valence electrons. The lowest BCUT2D eigenvalue weighted by atomic mass is 10.1. The van der Waals surface area contributed by atoms with Crippen LogP contribution < -0.4 is 0 Å². The van der Waals surface area contributed by atoms with Gasteiger partial charge in [0.2, 0.25) is 0 Å². The molecular formula is C18H23N3OS. The van der Waals surface area contributed by atoms with Crippen molar-refractivity contribution in [2.75, 3.05) is 6.54 Å². The number of thiazole rings is 1. The summed E-state index contributed by atoms with van der Waals surface area (Å²) in [5.74, 6) is 0.751. The topological polar surface area (TPSA) is 46.1 Å². The molecule has 3 rings (SSSR count). The van der Waals surface area contributed by atoms with E-state index in [2.05, 4.69) is 28.7 Å². The maximum Gasteiger partial charge on any atom is 0.266 e. The van der Waals surface area contributed by atoms with Crippen molar-refractivity contribution >= 4 is 17.2 Å². The smallest absolute Gasteiger partial charge is 0.266 e. The minimum absolute atomic E-state index is 0.144. The zero-order valence-corrected chi connectivity index (χ0v) is 14.8. The van der Waals surface area contributed by atoms with Crippen molar-refractivity contribution in [3.63, 3.8) is 0 Å². The van der Waals surface area contributed by atoms with Crippen molar-refractivity contribution in [3.05, 3.63) is 35.0 Å². The van der Waals surface area contributed by atoms with Gasteiger partial charge in [0, 0.05) is 18.8 Å². The minimum Gasteiger partial charge on any atom is -0.335 e. The number of hydrogen-bond donors (Lipinski definition) is 0. The van der Waals surface area contributed by atoms with Crippen molar-refractivity contribution in [3.8, 4) is 10.7 Å². The Labute approximate surface area is 141 Å². The highest BCUT2D eigenvalue weighted by Crippen LogP contribution is 2.32. The Balaban J connectivity index is 1.82. The molecule has 1 amide bonds. The van der Waals surface area contributed by atoms with Crippen LogP contribution >= 0.6 is 11.3 Å². The standard InChI is InChI=1S/C18H23N3OS/c1-12(2)9-11-21(14-7-8-14)18(22)16-13(3)20-17(23-16)15-6-4-5-10-19-15/h4-6,10,12,14H,7-9,11H2,1-3H3. The Hall–Kier alpha value is -1.75. The van der Waals surface area contributed by atoms with Crippen LogP contribution in [0.5, 0.6) is 0 Å². The van der Waals surface area contributed by atoms with Gasteiger partial charge in [-0.15, -0.1) is 11.3 Å². The van der Waals surface area contributed by atoms with E-state index in [1.54, 1.807) is 6.20 Å². The molecule has 0 aliphatic heterocycles. The van der Waals surface area contributed by atoms with E-state index in [0.717, 1.165) is 47.1 Å². The molecule has 0 atom stereocenters. The lowest BCUT2D eigenvalue weighted by Gasteiger charge is -2.22. The SMILES string of the molecule is Cc1nc(-c2ccccn2)sc1C(=O)N(CCC(C)C)C1CC1. The van der Waals surface area contributed by atoms with Gasteiger partial charge in [-0.1, -0.05) is 19.9 Å². The van der Waals surface area contributed by atoms with Gasteiger partial charge in [0.15, 0.2) is 0 Å². The summed E-state index contributed by atoms with van der Waals surface area (Å²) in [6, 6.07) is 6.20. The van der Waals surface area contributed by atoms with E-state index in [0.29, 0.717) is 12.0 Å². The molecule has 1 aliphatic carbocycles. The van der Waals surface area contributed by atoms with Gasteiger partial charge in [-0.05, 0) is 44.2 Å². The molecule has 2 aromatic rings. The van der Waals surface area contributed by atoms with E-state index in [1.165, 1.54) is 11.3 Å².